The summed E-state index contributed by atoms with van der Waals surface area (Å²) in [6, 6.07) is 0. The van der Waals surface area contributed by atoms with E-state index in [0.717, 1.165) is 11.3 Å². The molecule has 12 heavy (non-hydrogen) atoms. The van der Waals surface area contributed by atoms with E-state index in [0.29, 0.717) is 5.92 Å². The molecule has 1 heterocycles. The van der Waals surface area contributed by atoms with E-state index in [1.165, 1.54) is 25.9 Å². The van der Waals surface area contributed by atoms with E-state index < -0.39 is 0 Å². The summed E-state index contributed by atoms with van der Waals surface area (Å²) in [5.74, 6) is 0.663. The van der Waals surface area contributed by atoms with Crippen molar-refractivity contribution in [3.05, 3.63) is 0 Å². The summed E-state index contributed by atoms with van der Waals surface area (Å²) in [7, 11) is 0. The van der Waals surface area contributed by atoms with Gasteiger partial charge in [-0.25, -0.2) is 0 Å². The summed E-state index contributed by atoms with van der Waals surface area (Å²) in [5.41, 5.74) is 0. The van der Waals surface area contributed by atoms with Crippen molar-refractivity contribution in [2.75, 3.05) is 19.6 Å². The fourth-order valence-corrected chi connectivity index (χ4v) is 1.81. The molecule has 0 amide bonds. The molecule has 0 saturated carbocycles. The van der Waals surface area contributed by atoms with Gasteiger partial charge in [-0.2, -0.15) is 0 Å². The maximum absolute atomic E-state index is 4.49. The Morgan fingerprint density at radius 3 is 2.50 bits per heavy atom. The molecule has 2 nitrogen and oxygen atoms in total. The molecule has 1 saturated heterocycles. The van der Waals surface area contributed by atoms with Crippen LogP contribution >= 0.6 is 0 Å². The molecule has 1 fully saturated rings. The number of rotatable bonds is 2. The molecule has 1 rings (SSSR count). The van der Waals surface area contributed by atoms with Crippen LogP contribution in [0.5, 0.6) is 0 Å². The Hall–Kier alpha value is -0.0105. The Balaban J connectivity index is 2.34. The fraction of sp³-hybridized carbons (Fsp3) is 0.889. The van der Waals surface area contributed by atoms with Crippen LogP contribution in [0, 0.1) is 5.92 Å². The second-order valence-corrected chi connectivity index (χ2v) is 4.48. The van der Waals surface area contributed by atoms with Crippen LogP contribution in [-0.2, 0) is 0 Å². The Morgan fingerprint density at radius 1 is 1.42 bits per heavy atom. The third-order valence-corrected chi connectivity index (χ3v) is 2.78. The van der Waals surface area contributed by atoms with Gasteiger partial charge in [0.15, 0.2) is 0 Å². The van der Waals surface area contributed by atoms with Crippen LogP contribution in [0.25, 0.3) is 0 Å². The van der Waals surface area contributed by atoms with Gasteiger partial charge >= 0.3 is 82.9 Å². The van der Waals surface area contributed by atoms with Crippen molar-refractivity contribution < 1.29 is 0 Å². The van der Waals surface area contributed by atoms with E-state index in [1.54, 1.807) is 0 Å². The first kappa shape index (κ1) is 10.1. The zero-order valence-corrected chi connectivity index (χ0v) is 9.63. The first-order chi connectivity index (χ1) is 5.70. The minimum absolute atomic E-state index is 0.663. The van der Waals surface area contributed by atoms with Crippen molar-refractivity contribution in [2.24, 2.45) is 10.9 Å². The molecule has 1 aliphatic rings. The molecule has 0 bridgehead atoms. The second kappa shape index (κ2) is 4.88. The quantitative estimate of drug-likeness (QED) is 0.397. The van der Waals surface area contributed by atoms with Gasteiger partial charge in [0.1, 0.15) is 0 Å². The topological polar surface area (TPSA) is 15.6 Å². The molecule has 0 spiro atoms. The Kier molecular flexibility index (Phi) is 4.10. The maximum atomic E-state index is 4.49. The molecular formula is C9H17N2Se. The molecule has 69 valence electrons. The van der Waals surface area contributed by atoms with Crippen molar-refractivity contribution >= 4 is 20.7 Å². The van der Waals surface area contributed by atoms with Crippen LogP contribution in [0.3, 0.4) is 0 Å². The summed E-state index contributed by atoms with van der Waals surface area (Å²) in [6.07, 6.45) is 2.64. The van der Waals surface area contributed by atoms with Gasteiger partial charge in [0.2, 0.25) is 0 Å². The third kappa shape index (κ3) is 3.16. The van der Waals surface area contributed by atoms with E-state index in [1.807, 2.05) is 0 Å². The molecule has 0 atom stereocenters. The SMILES string of the molecule is CC(C)CN=C([Se])N1CCCC1. The van der Waals surface area contributed by atoms with Crippen LogP contribution in [-0.4, -0.2) is 45.3 Å². The normalized spacial score (nSPS) is 19.2. The molecule has 1 radical (unpaired) electrons. The third-order valence-electron chi connectivity index (χ3n) is 1.97. The van der Waals surface area contributed by atoms with E-state index in [-0.39, 0.29) is 0 Å². The first-order valence-electron chi connectivity index (χ1n) is 4.66. The van der Waals surface area contributed by atoms with E-state index in [9.17, 15) is 0 Å². The molecule has 0 aromatic rings. The van der Waals surface area contributed by atoms with Crippen molar-refractivity contribution in [2.45, 2.75) is 26.7 Å². The van der Waals surface area contributed by atoms with E-state index >= 15 is 0 Å². The zero-order chi connectivity index (χ0) is 8.97. The Morgan fingerprint density at radius 2 is 2.00 bits per heavy atom. The predicted octanol–water partition coefficient (Wildman–Crippen LogP) is 1.26. The summed E-state index contributed by atoms with van der Waals surface area (Å²) in [6.45, 7) is 7.70. The molecule has 0 aliphatic carbocycles. The van der Waals surface area contributed by atoms with Crippen molar-refractivity contribution in [1.29, 1.82) is 0 Å². The van der Waals surface area contributed by atoms with Gasteiger partial charge in [0.25, 0.3) is 0 Å². The number of amidine groups is 1. The average molecular weight is 232 g/mol. The molecule has 0 unspecified atom stereocenters. The standard InChI is InChI=1S/C9H17N2Se/c1-8(2)7-10-9(12)11-5-3-4-6-11/h8H,3-7H2,1-2H3. The minimum atomic E-state index is 0.663. The van der Waals surface area contributed by atoms with Crippen LogP contribution < -0.4 is 0 Å². The van der Waals surface area contributed by atoms with Gasteiger partial charge in [-0.3, -0.25) is 0 Å². The number of hydrogen-bond donors (Lipinski definition) is 0. The van der Waals surface area contributed by atoms with Crippen LogP contribution in [0.1, 0.15) is 26.7 Å². The van der Waals surface area contributed by atoms with Crippen molar-refractivity contribution in [3.8, 4) is 0 Å². The molecule has 0 aromatic heterocycles. The first-order valence-corrected chi connectivity index (χ1v) is 5.52. The van der Waals surface area contributed by atoms with E-state index in [4.69, 9.17) is 0 Å². The second-order valence-electron chi connectivity index (χ2n) is 3.71. The number of aliphatic imine (C=N–C) groups is 1. The van der Waals surface area contributed by atoms with Gasteiger partial charge in [-0.05, 0) is 0 Å². The van der Waals surface area contributed by atoms with Crippen LogP contribution in [0.2, 0.25) is 0 Å². The Bertz CT molecular complexity index is 160. The molecular weight excluding hydrogens is 215 g/mol. The van der Waals surface area contributed by atoms with Crippen molar-refractivity contribution in [1.82, 2.24) is 4.90 Å². The fourth-order valence-electron chi connectivity index (χ4n) is 1.27. The van der Waals surface area contributed by atoms with Gasteiger partial charge in [-0.15, -0.1) is 0 Å². The molecule has 1 aliphatic heterocycles. The van der Waals surface area contributed by atoms with Gasteiger partial charge in [0, 0.05) is 0 Å². The summed E-state index contributed by atoms with van der Waals surface area (Å²) >= 11 is 3.05. The van der Waals surface area contributed by atoms with Crippen LogP contribution in [0.4, 0.5) is 0 Å². The Labute approximate surface area is 83.2 Å². The zero-order valence-electron chi connectivity index (χ0n) is 7.92. The number of nitrogens with zero attached hydrogens (tertiary/aromatic N) is 2. The molecule has 3 heteroatoms. The van der Waals surface area contributed by atoms with Gasteiger partial charge in [0.05, 0.1) is 0 Å². The summed E-state index contributed by atoms with van der Waals surface area (Å²) in [5, 5.41) is 0. The van der Waals surface area contributed by atoms with E-state index in [2.05, 4.69) is 39.8 Å². The average Bonchev–Trinajstić information content (AvgIpc) is 2.51. The monoisotopic (exact) mass is 233 g/mol. The van der Waals surface area contributed by atoms with Gasteiger partial charge < -0.3 is 0 Å². The number of likely N-dealkylation sites (tertiary alicyclic amines) is 1. The van der Waals surface area contributed by atoms with Crippen molar-refractivity contribution in [3.63, 3.8) is 0 Å². The molecule has 0 N–H and O–H groups in total. The number of hydrogen-bond acceptors (Lipinski definition) is 1. The van der Waals surface area contributed by atoms with Gasteiger partial charge in [-0.1, -0.05) is 0 Å². The van der Waals surface area contributed by atoms with Crippen LogP contribution in [0.15, 0.2) is 4.99 Å². The summed E-state index contributed by atoms with van der Waals surface area (Å²) < 4.78 is 1.11. The predicted molar refractivity (Wildman–Crippen MR) is 53.7 cm³/mol. The molecule has 0 aromatic carbocycles. The summed E-state index contributed by atoms with van der Waals surface area (Å²) in [4.78, 5) is 6.83.